The lowest BCUT2D eigenvalue weighted by Gasteiger charge is -2.19. The number of esters is 1. The van der Waals surface area contributed by atoms with Crippen molar-refractivity contribution < 1.29 is 14.6 Å². The molecule has 17 heavy (non-hydrogen) atoms. The molecule has 0 aliphatic carbocycles. The molecule has 0 aromatic heterocycles. The summed E-state index contributed by atoms with van der Waals surface area (Å²) in [5, 5.41) is 9.60. The van der Waals surface area contributed by atoms with Gasteiger partial charge in [-0.3, -0.25) is 4.79 Å². The van der Waals surface area contributed by atoms with E-state index < -0.39 is 19.8 Å². The Balaban J connectivity index is 4.04. The van der Waals surface area contributed by atoms with Crippen LogP contribution in [0.3, 0.4) is 0 Å². The fourth-order valence-electron chi connectivity index (χ4n) is 1.02. The maximum atomic E-state index is 11.4. The van der Waals surface area contributed by atoms with Gasteiger partial charge in [0.2, 0.25) is 0 Å². The van der Waals surface area contributed by atoms with Crippen LogP contribution in [0.15, 0.2) is 0 Å². The maximum absolute atomic E-state index is 11.4. The SMILES string of the molecule is CC(C)(C)OC(=O)CCC(O)C#C[Si](C)(C)C. The molecule has 0 heterocycles. The zero-order valence-electron chi connectivity index (χ0n) is 11.8. The van der Waals surface area contributed by atoms with Crippen LogP contribution >= 0.6 is 0 Å². The van der Waals surface area contributed by atoms with Gasteiger partial charge in [0.15, 0.2) is 0 Å². The average Bonchev–Trinajstić information content (AvgIpc) is 2.07. The molecule has 1 N–H and O–H groups in total. The summed E-state index contributed by atoms with van der Waals surface area (Å²) in [7, 11) is -1.45. The molecule has 1 atom stereocenters. The second-order valence-corrected chi connectivity index (χ2v) is 10.9. The number of ether oxygens (including phenoxy) is 1. The topological polar surface area (TPSA) is 46.5 Å². The van der Waals surface area contributed by atoms with Crippen molar-refractivity contribution >= 4 is 14.0 Å². The summed E-state index contributed by atoms with van der Waals surface area (Å²) in [5.74, 6) is 2.51. The highest BCUT2D eigenvalue weighted by atomic mass is 28.3. The summed E-state index contributed by atoms with van der Waals surface area (Å²) in [6.07, 6.45) is -0.181. The predicted octanol–water partition coefficient (Wildman–Crippen LogP) is 2.35. The number of aliphatic hydroxyl groups is 1. The van der Waals surface area contributed by atoms with Crippen LogP contribution in [0.25, 0.3) is 0 Å². The third-order valence-corrected chi connectivity index (χ3v) is 2.55. The molecule has 0 aromatic rings. The van der Waals surface area contributed by atoms with Gasteiger partial charge in [0.1, 0.15) is 19.8 Å². The van der Waals surface area contributed by atoms with E-state index in [-0.39, 0.29) is 12.4 Å². The third kappa shape index (κ3) is 11.5. The van der Waals surface area contributed by atoms with Crippen molar-refractivity contribution in [2.75, 3.05) is 0 Å². The molecule has 1 unspecified atom stereocenters. The molecule has 3 nitrogen and oxygen atoms in total. The van der Waals surface area contributed by atoms with Gasteiger partial charge in [0, 0.05) is 6.42 Å². The van der Waals surface area contributed by atoms with Crippen molar-refractivity contribution in [3.05, 3.63) is 0 Å². The van der Waals surface area contributed by atoms with Crippen molar-refractivity contribution in [1.82, 2.24) is 0 Å². The number of aliphatic hydroxyl groups excluding tert-OH is 1. The highest BCUT2D eigenvalue weighted by Gasteiger charge is 2.17. The first-order chi connectivity index (χ1) is 7.49. The van der Waals surface area contributed by atoms with Crippen LogP contribution in [-0.2, 0) is 9.53 Å². The zero-order valence-corrected chi connectivity index (χ0v) is 12.8. The first-order valence-corrected chi connectivity index (χ1v) is 9.42. The van der Waals surface area contributed by atoms with E-state index in [2.05, 4.69) is 31.1 Å². The normalized spacial score (nSPS) is 13.6. The number of carbonyl (C=O) groups excluding carboxylic acids is 1. The van der Waals surface area contributed by atoms with Gasteiger partial charge < -0.3 is 9.84 Å². The summed E-state index contributed by atoms with van der Waals surface area (Å²) in [4.78, 5) is 11.4. The van der Waals surface area contributed by atoms with Crippen molar-refractivity contribution in [2.45, 2.75) is 65.0 Å². The fraction of sp³-hybridized carbons (Fsp3) is 0.769. The molecule has 0 aliphatic rings. The summed E-state index contributed by atoms with van der Waals surface area (Å²) < 4.78 is 5.14. The smallest absolute Gasteiger partial charge is 0.306 e. The Hall–Kier alpha value is -0.793. The van der Waals surface area contributed by atoms with Gasteiger partial charge in [0.05, 0.1) is 0 Å². The van der Waals surface area contributed by atoms with Gasteiger partial charge in [0.25, 0.3) is 0 Å². The second kappa shape index (κ2) is 6.22. The van der Waals surface area contributed by atoms with E-state index >= 15 is 0 Å². The van der Waals surface area contributed by atoms with Crippen molar-refractivity contribution in [3.8, 4) is 11.5 Å². The van der Waals surface area contributed by atoms with Crippen molar-refractivity contribution in [1.29, 1.82) is 0 Å². The Morgan fingerprint density at radius 2 is 1.88 bits per heavy atom. The maximum Gasteiger partial charge on any atom is 0.306 e. The highest BCUT2D eigenvalue weighted by Crippen LogP contribution is 2.10. The molecular formula is C13H24O3Si. The summed E-state index contributed by atoms with van der Waals surface area (Å²) in [5.41, 5.74) is 2.61. The summed E-state index contributed by atoms with van der Waals surface area (Å²) >= 11 is 0. The lowest BCUT2D eigenvalue weighted by atomic mass is 10.2. The van der Waals surface area contributed by atoms with Crippen LogP contribution in [0, 0.1) is 11.5 Å². The number of hydrogen-bond acceptors (Lipinski definition) is 3. The molecule has 0 bridgehead atoms. The van der Waals surface area contributed by atoms with Gasteiger partial charge in [-0.25, -0.2) is 0 Å². The van der Waals surface area contributed by atoms with Crippen LogP contribution in [0.2, 0.25) is 19.6 Å². The molecule has 0 rings (SSSR count). The number of hydrogen-bond donors (Lipinski definition) is 1. The Morgan fingerprint density at radius 1 is 1.35 bits per heavy atom. The molecular weight excluding hydrogens is 232 g/mol. The largest absolute Gasteiger partial charge is 0.460 e. The van der Waals surface area contributed by atoms with E-state index in [1.807, 2.05) is 20.8 Å². The molecule has 0 fully saturated rings. The van der Waals surface area contributed by atoms with Crippen molar-refractivity contribution in [3.63, 3.8) is 0 Å². The third-order valence-electron chi connectivity index (χ3n) is 1.66. The van der Waals surface area contributed by atoms with E-state index in [0.717, 1.165) is 0 Å². The van der Waals surface area contributed by atoms with Crippen molar-refractivity contribution in [2.24, 2.45) is 0 Å². The fourth-order valence-corrected chi connectivity index (χ4v) is 1.62. The Morgan fingerprint density at radius 3 is 2.29 bits per heavy atom. The molecule has 0 aliphatic heterocycles. The molecule has 0 amide bonds. The molecule has 0 saturated carbocycles. The molecule has 0 spiro atoms. The summed E-state index contributed by atoms with van der Waals surface area (Å²) in [6.45, 7) is 11.8. The van der Waals surface area contributed by atoms with E-state index in [1.165, 1.54) is 0 Å². The summed E-state index contributed by atoms with van der Waals surface area (Å²) in [6, 6.07) is 0. The van der Waals surface area contributed by atoms with E-state index in [9.17, 15) is 9.90 Å². The van der Waals surface area contributed by atoms with Gasteiger partial charge in [-0.15, -0.1) is 5.54 Å². The predicted molar refractivity (Wildman–Crippen MR) is 72.2 cm³/mol. The number of carbonyl (C=O) groups is 1. The van der Waals surface area contributed by atoms with Crippen LogP contribution < -0.4 is 0 Å². The lowest BCUT2D eigenvalue weighted by molar-refractivity contribution is -0.155. The van der Waals surface area contributed by atoms with Gasteiger partial charge in [-0.1, -0.05) is 25.6 Å². The molecule has 0 saturated heterocycles. The zero-order chi connectivity index (χ0) is 13.7. The van der Waals surface area contributed by atoms with Crippen LogP contribution in [0.5, 0.6) is 0 Å². The highest BCUT2D eigenvalue weighted by molar-refractivity contribution is 6.83. The quantitative estimate of drug-likeness (QED) is 0.479. The number of rotatable bonds is 3. The van der Waals surface area contributed by atoms with Gasteiger partial charge in [-0.2, -0.15) is 0 Å². The Kier molecular flexibility index (Phi) is 5.93. The van der Waals surface area contributed by atoms with Crippen LogP contribution in [-0.4, -0.2) is 30.9 Å². The first-order valence-electron chi connectivity index (χ1n) is 5.92. The Bertz CT molecular complexity index is 312. The van der Waals surface area contributed by atoms with Crippen LogP contribution in [0.1, 0.15) is 33.6 Å². The molecule has 0 aromatic carbocycles. The van der Waals surface area contributed by atoms with E-state index in [4.69, 9.17) is 4.74 Å². The minimum Gasteiger partial charge on any atom is -0.460 e. The Labute approximate surface area is 106 Å². The van der Waals surface area contributed by atoms with E-state index in [1.54, 1.807) is 0 Å². The van der Waals surface area contributed by atoms with E-state index in [0.29, 0.717) is 6.42 Å². The molecule has 4 heteroatoms. The molecule has 98 valence electrons. The second-order valence-electron chi connectivity index (χ2n) is 6.16. The minimum absolute atomic E-state index is 0.207. The first kappa shape index (κ1) is 16.2. The lowest BCUT2D eigenvalue weighted by Crippen LogP contribution is -2.24. The molecule has 0 radical (unpaired) electrons. The van der Waals surface area contributed by atoms with Crippen LogP contribution in [0.4, 0.5) is 0 Å². The minimum atomic E-state index is -1.45. The monoisotopic (exact) mass is 256 g/mol. The average molecular weight is 256 g/mol. The van der Waals surface area contributed by atoms with Gasteiger partial charge >= 0.3 is 5.97 Å². The standard InChI is InChI=1S/C13H24O3Si/c1-13(2,3)16-12(15)8-7-11(14)9-10-17(4,5)6/h11,14H,7-8H2,1-6H3. The van der Waals surface area contributed by atoms with Gasteiger partial charge in [-0.05, 0) is 27.2 Å².